The maximum atomic E-state index is 12.3. The van der Waals surface area contributed by atoms with E-state index in [-0.39, 0.29) is 10.8 Å². The molecule has 0 bridgehead atoms. The summed E-state index contributed by atoms with van der Waals surface area (Å²) in [4.78, 5) is 16.8. The standard InChI is InChI=1S/C16H15N3O3S2/c1-10-4-3-5-11(8-10)15(20)19-16-18-13-7-6-12(9-14(13)23-16)24(21,22)17-2/h3-9,17H,1-2H3,(H,18,19,20). The lowest BCUT2D eigenvalue weighted by atomic mass is 10.1. The molecule has 0 spiro atoms. The average Bonchev–Trinajstić information content (AvgIpc) is 2.96. The molecule has 0 aliphatic rings. The summed E-state index contributed by atoms with van der Waals surface area (Å²) < 4.78 is 26.7. The molecule has 2 aromatic carbocycles. The molecule has 0 aliphatic carbocycles. The average molecular weight is 361 g/mol. The smallest absolute Gasteiger partial charge is 0.257 e. The molecule has 24 heavy (non-hydrogen) atoms. The van der Waals surface area contributed by atoms with Gasteiger partial charge in [-0.2, -0.15) is 0 Å². The topological polar surface area (TPSA) is 88.2 Å². The van der Waals surface area contributed by atoms with Crippen LogP contribution in [0, 0.1) is 6.92 Å². The maximum Gasteiger partial charge on any atom is 0.257 e. The van der Waals surface area contributed by atoms with Crippen LogP contribution < -0.4 is 10.0 Å². The number of amides is 1. The SMILES string of the molecule is CNS(=O)(=O)c1ccc2nc(NC(=O)c3cccc(C)c3)sc2c1. The number of fused-ring (bicyclic) bond motifs is 1. The number of thiazole rings is 1. The molecule has 6 nitrogen and oxygen atoms in total. The molecule has 0 saturated heterocycles. The van der Waals surface area contributed by atoms with Crippen LogP contribution in [0.25, 0.3) is 10.2 Å². The number of sulfonamides is 1. The number of hydrogen-bond donors (Lipinski definition) is 2. The molecule has 2 N–H and O–H groups in total. The van der Waals surface area contributed by atoms with Crippen LogP contribution in [0.15, 0.2) is 47.4 Å². The molecule has 0 radical (unpaired) electrons. The van der Waals surface area contributed by atoms with Gasteiger partial charge in [0.2, 0.25) is 10.0 Å². The Kier molecular flexibility index (Phi) is 4.35. The number of nitrogens with zero attached hydrogens (tertiary/aromatic N) is 1. The Morgan fingerprint density at radius 1 is 1.17 bits per heavy atom. The summed E-state index contributed by atoms with van der Waals surface area (Å²) in [5, 5.41) is 3.18. The number of benzene rings is 2. The van der Waals surface area contributed by atoms with Crippen molar-refractivity contribution in [2.45, 2.75) is 11.8 Å². The Morgan fingerprint density at radius 3 is 2.67 bits per heavy atom. The van der Waals surface area contributed by atoms with Crippen LogP contribution in [-0.4, -0.2) is 26.4 Å². The van der Waals surface area contributed by atoms with Crippen LogP contribution in [0.3, 0.4) is 0 Å². The van der Waals surface area contributed by atoms with E-state index < -0.39 is 10.0 Å². The monoisotopic (exact) mass is 361 g/mol. The minimum absolute atomic E-state index is 0.165. The van der Waals surface area contributed by atoms with Crippen LogP contribution >= 0.6 is 11.3 Å². The first-order chi connectivity index (χ1) is 11.4. The number of anilines is 1. The summed E-state index contributed by atoms with van der Waals surface area (Å²) in [6, 6.07) is 11.9. The van der Waals surface area contributed by atoms with Gasteiger partial charge in [0.1, 0.15) is 0 Å². The molecule has 0 saturated carbocycles. The van der Waals surface area contributed by atoms with E-state index >= 15 is 0 Å². The van der Waals surface area contributed by atoms with E-state index in [1.54, 1.807) is 24.3 Å². The number of carbonyl (C=O) groups is 1. The van der Waals surface area contributed by atoms with E-state index in [0.29, 0.717) is 20.9 Å². The lowest BCUT2D eigenvalue weighted by molar-refractivity contribution is 0.102. The van der Waals surface area contributed by atoms with Gasteiger partial charge < -0.3 is 0 Å². The fourth-order valence-corrected chi connectivity index (χ4v) is 3.93. The Labute approximate surface area is 143 Å². The van der Waals surface area contributed by atoms with Gasteiger partial charge in [-0.1, -0.05) is 29.0 Å². The van der Waals surface area contributed by atoms with Crippen molar-refractivity contribution in [3.05, 3.63) is 53.6 Å². The number of hydrogen-bond acceptors (Lipinski definition) is 5. The third-order valence-electron chi connectivity index (χ3n) is 3.44. The molecule has 8 heteroatoms. The van der Waals surface area contributed by atoms with Gasteiger partial charge in [-0.15, -0.1) is 0 Å². The molecule has 1 aromatic heterocycles. The second-order valence-electron chi connectivity index (χ2n) is 5.18. The van der Waals surface area contributed by atoms with E-state index in [4.69, 9.17) is 0 Å². The summed E-state index contributed by atoms with van der Waals surface area (Å²) >= 11 is 1.23. The number of carbonyl (C=O) groups excluding carboxylic acids is 1. The van der Waals surface area contributed by atoms with E-state index in [1.165, 1.54) is 24.5 Å². The normalized spacial score (nSPS) is 11.6. The van der Waals surface area contributed by atoms with Gasteiger partial charge in [-0.25, -0.2) is 18.1 Å². The predicted octanol–water partition coefficient (Wildman–Crippen LogP) is 2.77. The Hall–Kier alpha value is -2.29. The highest BCUT2D eigenvalue weighted by Gasteiger charge is 2.15. The summed E-state index contributed by atoms with van der Waals surface area (Å²) in [6.45, 7) is 1.91. The minimum atomic E-state index is -3.51. The summed E-state index contributed by atoms with van der Waals surface area (Å²) in [5.41, 5.74) is 2.18. The highest BCUT2D eigenvalue weighted by molar-refractivity contribution is 7.89. The number of aromatic nitrogens is 1. The van der Waals surface area contributed by atoms with Gasteiger partial charge in [0.05, 0.1) is 15.1 Å². The molecule has 3 rings (SSSR count). The van der Waals surface area contributed by atoms with Crippen LogP contribution in [0.5, 0.6) is 0 Å². The van der Waals surface area contributed by atoms with Crippen molar-refractivity contribution in [3.8, 4) is 0 Å². The van der Waals surface area contributed by atoms with Gasteiger partial charge in [0.15, 0.2) is 5.13 Å². The van der Waals surface area contributed by atoms with Gasteiger partial charge >= 0.3 is 0 Å². The summed E-state index contributed by atoms with van der Waals surface area (Å²) in [7, 11) is -2.15. The molecular formula is C16H15N3O3S2. The highest BCUT2D eigenvalue weighted by Crippen LogP contribution is 2.28. The number of rotatable bonds is 4. The second-order valence-corrected chi connectivity index (χ2v) is 8.10. The van der Waals surface area contributed by atoms with Crippen LogP contribution in [-0.2, 0) is 10.0 Å². The lowest BCUT2D eigenvalue weighted by Gasteiger charge is -2.02. The molecule has 0 unspecified atom stereocenters. The van der Waals surface area contributed by atoms with Crippen molar-refractivity contribution < 1.29 is 13.2 Å². The first kappa shape index (κ1) is 16.6. The molecule has 124 valence electrons. The minimum Gasteiger partial charge on any atom is -0.298 e. The third-order valence-corrected chi connectivity index (χ3v) is 5.79. The summed E-state index contributed by atoms with van der Waals surface area (Å²) in [5.74, 6) is -0.249. The van der Waals surface area contributed by atoms with Crippen molar-refractivity contribution in [1.82, 2.24) is 9.71 Å². The van der Waals surface area contributed by atoms with E-state index in [2.05, 4.69) is 15.0 Å². The van der Waals surface area contributed by atoms with Crippen LogP contribution in [0.2, 0.25) is 0 Å². The maximum absolute atomic E-state index is 12.3. The van der Waals surface area contributed by atoms with Gasteiger partial charge in [0.25, 0.3) is 5.91 Å². The lowest BCUT2D eigenvalue weighted by Crippen LogP contribution is -2.18. The Balaban J connectivity index is 1.90. The number of nitrogens with one attached hydrogen (secondary N) is 2. The zero-order valence-corrected chi connectivity index (χ0v) is 14.7. The molecule has 3 aromatic rings. The zero-order valence-electron chi connectivity index (χ0n) is 13.0. The van der Waals surface area contributed by atoms with Crippen molar-refractivity contribution in [2.24, 2.45) is 0 Å². The van der Waals surface area contributed by atoms with E-state index in [9.17, 15) is 13.2 Å². The van der Waals surface area contributed by atoms with Gasteiger partial charge in [-0.05, 0) is 44.3 Å². The van der Waals surface area contributed by atoms with Crippen molar-refractivity contribution in [2.75, 3.05) is 12.4 Å². The first-order valence-electron chi connectivity index (χ1n) is 7.11. The number of aryl methyl sites for hydroxylation is 1. The van der Waals surface area contributed by atoms with Gasteiger partial charge in [0, 0.05) is 5.56 Å². The molecule has 0 atom stereocenters. The Bertz CT molecular complexity index is 1030. The summed E-state index contributed by atoms with van der Waals surface area (Å²) in [6.07, 6.45) is 0. The van der Waals surface area contributed by atoms with E-state index in [1.807, 2.05) is 19.1 Å². The van der Waals surface area contributed by atoms with E-state index in [0.717, 1.165) is 5.56 Å². The van der Waals surface area contributed by atoms with Crippen LogP contribution in [0.4, 0.5) is 5.13 Å². The van der Waals surface area contributed by atoms with Crippen molar-refractivity contribution in [1.29, 1.82) is 0 Å². The largest absolute Gasteiger partial charge is 0.298 e. The second kappa shape index (κ2) is 6.31. The third kappa shape index (κ3) is 3.30. The molecule has 0 fully saturated rings. The van der Waals surface area contributed by atoms with Gasteiger partial charge in [-0.3, -0.25) is 10.1 Å². The molecule has 1 heterocycles. The fourth-order valence-electron chi connectivity index (χ4n) is 2.20. The predicted molar refractivity (Wildman–Crippen MR) is 95.0 cm³/mol. The van der Waals surface area contributed by atoms with Crippen molar-refractivity contribution in [3.63, 3.8) is 0 Å². The first-order valence-corrected chi connectivity index (χ1v) is 9.41. The fraction of sp³-hybridized carbons (Fsp3) is 0.125. The van der Waals surface area contributed by atoms with Crippen molar-refractivity contribution >= 4 is 42.6 Å². The molecular weight excluding hydrogens is 346 g/mol. The van der Waals surface area contributed by atoms with Crippen LogP contribution in [0.1, 0.15) is 15.9 Å². The molecule has 1 amide bonds. The zero-order chi connectivity index (χ0) is 17.3. The molecule has 0 aliphatic heterocycles. The quantitative estimate of drug-likeness (QED) is 0.748. The Morgan fingerprint density at radius 2 is 1.96 bits per heavy atom. The highest BCUT2D eigenvalue weighted by atomic mass is 32.2.